The number of amides is 1. The third-order valence-corrected chi connectivity index (χ3v) is 5.31. The highest BCUT2D eigenvalue weighted by atomic mass is 32.2. The molecular formula is C21H19N5O3S. The molecule has 0 radical (unpaired) electrons. The van der Waals surface area contributed by atoms with Crippen LogP contribution in [-0.4, -0.2) is 33.2 Å². The van der Waals surface area contributed by atoms with Crippen LogP contribution in [0.25, 0.3) is 5.69 Å². The van der Waals surface area contributed by atoms with Crippen molar-refractivity contribution in [1.29, 1.82) is 0 Å². The van der Waals surface area contributed by atoms with Gasteiger partial charge in [0.05, 0.1) is 19.9 Å². The number of ether oxygens (including phenoxy) is 1. The van der Waals surface area contributed by atoms with Crippen molar-refractivity contribution in [3.63, 3.8) is 0 Å². The topological polar surface area (TPSA) is 95.1 Å². The third kappa shape index (κ3) is 4.52. The zero-order chi connectivity index (χ0) is 20.8. The van der Waals surface area contributed by atoms with Gasteiger partial charge in [0.1, 0.15) is 17.2 Å². The summed E-state index contributed by atoms with van der Waals surface area (Å²) in [5.74, 6) is 1.84. The maximum atomic E-state index is 12.4. The minimum absolute atomic E-state index is 0.155. The van der Waals surface area contributed by atoms with E-state index < -0.39 is 0 Å². The van der Waals surface area contributed by atoms with Gasteiger partial charge in [0, 0.05) is 11.3 Å². The van der Waals surface area contributed by atoms with E-state index in [1.54, 1.807) is 30.2 Å². The summed E-state index contributed by atoms with van der Waals surface area (Å²) >= 11 is 1.48. The largest absolute Gasteiger partial charge is 0.494 e. The minimum atomic E-state index is -0.155. The van der Waals surface area contributed by atoms with Crippen LogP contribution in [0.5, 0.6) is 5.75 Å². The van der Waals surface area contributed by atoms with E-state index in [4.69, 9.17) is 9.15 Å². The van der Waals surface area contributed by atoms with Gasteiger partial charge >= 0.3 is 0 Å². The molecule has 4 rings (SSSR count). The van der Waals surface area contributed by atoms with Crippen LogP contribution in [0.4, 0.5) is 0 Å². The second kappa shape index (κ2) is 9.27. The fourth-order valence-electron chi connectivity index (χ4n) is 2.86. The first kappa shape index (κ1) is 19.7. The lowest BCUT2D eigenvalue weighted by Crippen LogP contribution is -2.22. The quantitative estimate of drug-likeness (QED) is 0.435. The predicted octanol–water partition coefficient (Wildman–Crippen LogP) is 3.49. The Morgan fingerprint density at radius 2 is 2.07 bits per heavy atom. The van der Waals surface area contributed by atoms with E-state index >= 15 is 0 Å². The first-order valence-corrected chi connectivity index (χ1v) is 10.2. The van der Waals surface area contributed by atoms with Crippen molar-refractivity contribution in [2.75, 3.05) is 7.11 Å². The van der Waals surface area contributed by atoms with Crippen LogP contribution < -0.4 is 10.1 Å². The summed E-state index contributed by atoms with van der Waals surface area (Å²) in [5, 5.41) is 15.5. The van der Waals surface area contributed by atoms with Gasteiger partial charge in [-0.25, -0.2) is 0 Å². The number of furan rings is 1. The van der Waals surface area contributed by atoms with E-state index in [9.17, 15) is 4.79 Å². The lowest BCUT2D eigenvalue weighted by molar-refractivity contribution is 0.0948. The Labute approximate surface area is 177 Å². The Kier molecular flexibility index (Phi) is 6.09. The molecule has 0 saturated carbocycles. The summed E-state index contributed by atoms with van der Waals surface area (Å²) in [6, 6.07) is 18.6. The maximum Gasteiger partial charge on any atom is 0.251 e. The number of tetrazole rings is 1. The van der Waals surface area contributed by atoms with Gasteiger partial charge in [-0.05, 0) is 52.4 Å². The number of nitrogens with zero attached hydrogens (tertiary/aromatic N) is 4. The van der Waals surface area contributed by atoms with Crippen molar-refractivity contribution in [2.45, 2.75) is 17.5 Å². The van der Waals surface area contributed by atoms with Crippen LogP contribution in [0.2, 0.25) is 0 Å². The van der Waals surface area contributed by atoms with E-state index in [2.05, 4.69) is 20.8 Å². The Hall–Kier alpha value is -3.59. The van der Waals surface area contributed by atoms with Crippen molar-refractivity contribution in [1.82, 2.24) is 25.5 Å². The summed E-state index contributed by atoms with van der Waals surface area (Å²) in [6.07, 6.45) is 1.58. The van der Waals surface area contributed by atoms with Crippen molar-refractivity contribution < 1.29 is 13.9 Å². The summed E-state index contributed by atoms with van der Waals surface area (Å²) in [5.41, 5.74) is 2.34. The number of hydrogen-bond acceptors (Lipinski definition) is 7. The molecular weight excluding hydrogens is 402 g/mol. The Balaban J connectivity index is 1.43. The van der Waals surface area contributed by atoms with Crippen LogP contribution in [0.3, 0.4) is 0 Å². The van der Waals surface area contributed by atoms with Gasteiger partial charge in [0.2, 0.25) is 5.16 Å². The third-order valence-electron chi connectivity index (χ3n) is 4.31. The molecule has 4 aromatic rings. The van der Waals surface area contributed by atoms with Crippen molar-refractivity contribution in [2.24, 2.45) is 0 Å². The molecule has 152 valence electrons. The highest BCUT2D eigenvalue weighted by molar-refractivity contribution is 7.98. The van der Waals surface area contributed by atoms with Crippen molar-refractivity contribution >= 4 is 17.7 Å². The van der Waals surface area contributed by atoms with Gasteiger partial charge in [-0.2, -0.15) is 4.68 Å². The van der Waals surface area contributed by atoms with E-state index in [0.717, 1.165) is 11.3 Å². The molecule has 2 aromatic heterocycles. The Bertz CT molecular complexity index is 1130. The minimum Gasteiger partial charge on any atom is -0.494 e. The number of carbonyl (C=O) groups excluding carboxylic acids is 1. The molecule has 0 aliphatic heterocycles. The first-order chi connectivity index (χ1) is 14.7. The number of rotatable bonds is 8. The Morgan fingerprint density at radius 1 is 1.17 bits per heavy atom. The molecule has 30 heavy (non-hydrogen) atoms. The number of methoxy groups -OCH3 is 1. The van der Waals surface area contributed by atoms with Crippen LogP contribution in [0.15, 0.2) is 76.5 Å². The molecule has 0 bridgehead atoms. The lowest BCUT2D eigenvalue weighted by atomic mass is 10.1. The molecule has 0 saturated heterocycles. The molecule has 0 spiro atoms. The monoisotopic (exact) mass is 421 g/mol. The molecule has 1 N–H and O–H groups in total. The summed E-state index contributed by atoms with van der Waals surface area (Å²) in [6.45, 7) is 0.346. The molecule has 0 aliphatic rings. The number of para-hydroxylation sites is 2. The fraction of sp³-hybridized carbons (Fsp3) is 0.143. The average Bonchev–Trinajstić information content (AvgIpc) is 3.48. The number of nitrogens with one attached hydrogen (secondary N) is 1. The number of thioether (sulfide) groups is 1. The van der Waals surface area contributed by atoms with Crippen LogP contribution in [0.1, 0.15) is 21.7 Å². The van der Waals surface area contributed by atoms with Crippen LogP contribution >= 0.6 is 11.8 Å². The molecule has 2 heterocycles. The van der Waals surface area contributed by atoms with Crippen molar-refractivity contribution in [3.05, 3.63) is 83.8 Å². The molecule has 0 unspecified atom stereocenters. The standard InChI is InChI=1S/C21H19N5O3S/c1-28-19-10-3-2-9-18(19)26-21(23-24-25-26)30-14-15-6-4-7-16(12-15)20(27)22-13-17-8-5-11-29-17/h2-12H,13-14H2,1H3,(H,22,27). The van der Waals surface area contributed by atoms with E-state index in [0.29, 0.717) is 34.5 Å². The van der Waals surface area contributed by atoms with Gasteiger partial charge < -0.3 is 14.5 Å². The SMILES string of the molecule is COc1ccccc1-n1nnnc1SCc1cccc(C(=O)NCc2ccco2)c1. The summed E-state index contributed by atoms with van der Waals surface area (Å²) in [4.78, 5) is 12.4. The van der Waals surface area contributed by atoms with Crippen LogP contribution in [-0.2, 0) is 12.3 Å². The fourth-order valence-corrected chi connectivity index (χ4v) is 3.68. The van der Waals surface area contributed by atoms with Crippen LogP contribution in [0, 0.1) is 0 Å². The molecule has 8 nitrogen and oxygen atoms in total. The molecule has 2 aromatic carbocycles. The maximum absolute atomic E-state index is 12.4. The highest BCUT2D eigenvalue weighted by Crippen LogP contribution is 2.27. The van der Waals surface area contributed by atoms with Crippen molar-refractivity contribution in [3.8, 4) is 11.4 Å². The molecule has 0 fully saturated rings. The van der Waals surface area contributed by atoms with E-state index in [-0.39, 0.29) is 5.91 Å². The first-order valence-electron chi connectivity index (χ1n) is 9.18. The zero-order valence-corrected chi connectivity index (χ0v) is 17.0. The Morgan fingerprint density at radius 3 is 2.90 bits per heavy atom. The molecule has 0 atom stereocenters. The van der Waals surface area contributed by atoms with Gasteiger partial charge in [0.25, 0.3) is 5.91 Å². The zero-order valence-electron chi connectivity index (χ0n) is 16.2. The molecule has 1 amide bonds. The number of aromatic nitrogens is 4. The smallest absolute Gasteiger partial charge is 0.251 e. The lowest BCUT2D eigenvalue weighted by Gasteiger charge is -2.09. The molecule has 0 aliphatic carbocycles. The summed E-state index contributed by atoms with van der Waals surface area (Å²) < 4.78 is 12.3. The number of benzene rings is 2. The highest BCUT2D eigenvalue weighted by Gasteiger charge is 2.14. The summed E-state index contributed by atoms with van der Waals surface area (Å²) in [7, 11) is 1.61. The second-order valence-corrected chi connectivity index (χ2v) is 7.24. The molecule has 9 heteroatoms. The predicted molar refractivity (Wildman–Crippen MR) is 112 cm³/mol. The van der Waals surface area contributed by atoms with E-state index in [1.807, 2.05) is 48.5 Å². The van der Waals surface area contributed by atoms with E-state index in [1.165, 1.54) is 11.8 Å². The second-order valence-electron chi connectivity index (χ2n) is 6.30. The van der Waals surface area contributed by atoms with Gasteiger partial charge in [-0.15, -0.1) is 5.10 Å². The van der Waals surface area contributed by atoms with Gasteiger partial charge in [-0.3, -0.25) is 4.79 Å². The average molecular weight is 421 g/mol. The number of carbonyl (C=O) groups is 1. The number of hydrogen-bond donors (Lipinski definition) is 1. The van der Waals surface area contributed by atoms with Gasteiger partial charge in [0.15, 0.2) is 0 Å². The van der Waals surface area contributed by atoms with Gasteiger partial charge in [-0.1, -0.05) is 36.0 Å². The normalized spacial score (nSPS) is 10.7.